The summed E-state index contributed by atoms with van der Waals surface area (Å²) in [6.45, 7) is 6.37. The van der Waals surface area contributed by atoms with E-state index in [0.717, 1.165) is 42.6 Å². The Morgan fingerprint density at radius 1 is 0.792 bits per heavy atom. The Labute approximate surface area is 291 Å². The number of aryl methyl sites for hydroxylation is 2. The fraction of sp³-hybridized carbons (Fsp3) is 0.316. The summed E-state index contributed by atoms with van der Waals surface area (Å²) in [5, 5.41) is 29.8. The van der Waals surface area contributed by atoms with E-state index in [0.29, 0.717) is 29.0 Å². The van der Waals surface area contributed by atoms with Crippen molar-refractivity contribution in [2.24, 2.45) is 0 Å². The molecule has 248 valence electrons. The molecular weight excluding hydrogens is 643 g/mol. The Morgan fingerprint density at radius 3 is 1.79 bits per heavy atom. The molecule has 3 heterocycles. The lowest BCUT2D eigenvalue weighted by atomic mass is 9.75. The van der Waals surface area contributed by atoms with E-state index < -0.39 is 29.6 Å². The molecule has 4 N–H and O–H groups in total. The van der Waals surface area contributed by atoms with Gasteiger partial charge in [-0.3, -0.25) is 14.5 Å². The van der Waals surface area contributed by atoms with Crippen LogP contribution in [0.15, 0.2) is 89.4 Å². The summed E-state index contributed by atoms with van der Waals surface area (Å²) >= 11 is 11.2. The van der Waals surface area contributed by atoms with Crippen LogP contribution in [0.4, 0.5) is 0 Å². The number of nitrogens with zero attached hydrogens (tertiary/aromatic N) is 1. The number of piperidine rings is 1. The highest BCUT2D eigenvalue weighted by Gasteiger charge is 2.45. The highest BCUT2D eigenvalue weighted by molar-refractivity contribution is 7.80. The van der Waals surface area contributed by atoms with Gasteiger partial charge in [0.15, 0.2) is 0 Å². The minimum Gasteiger partial charge on any atom is -0.511 e. The van der Waals surface area contributed by atoms with Crippen LogP contribution in [-0.4, -0.2) is 57.1 Å². The number of hydrogen-bond donors (Lipinski definition) is 4. The van der Waals surface area contributed by atoms with Crippen molar-refractivity contribution in [2.75, 3.05) is 20.2 Å². The van der Waals surface area contributed by atoms with Gasteiger partial charge in [-0.25, -0.2) is 0 Å². The van der Waals surface area contributed by atoms with Gasteiger partial charge in [0.1, 0.15) is 17.3 Å². The number of likely N-dealkylation sites (tertiary alicyclic amines) is 1. The summed E-state index contributed by atoms with van der Waals surface area (Å²) in [5.74, 6) is -4.04. The summed E-state index contributed by atoms with van der Waals surface area (Å²) in [6.07, 6.45) is 3.40. The molecule has 1 fully saturated rings. The van der Waals surface area contributed by atoms with Crippen LogP contribution in [-0.2, 0) is 16.1 Å². The van der Waals surface area contributed by atoms with E-state index in [1.165, 1.54) is 6.42 Å². The van der Waals surface area contributed by atoms with Crippen LogP contribution < -0.4 is 15.4 Å². The molecule has 3 aliphatic rings. The first-order valence-electron chi connectivity index (χ1n) is 16.2. The maximum Gasteiger partial charge on any atom is 0.256 e. The zero-order valence-corrected chi connectivity index (χ0v) is 28.8. The zero-order chi connectivity index (χ0) is 34.1. The predicted molar refractivity (Wildman–Crippen MR) is 193 cm³/mol. The second-order valence-corrected chi connectivity index (χ2v) is 13.6. The molecule has 48 heavy (non-hydrogen) atoms. The molecule has 0 bridgehead atoms. The summed E-state index contributed by atoms with van der Waals surface area (Å²) in [7, 11) is 1.61. The Morgan fingerprint density at radius 2 is 1.31 bits per heavy atom. The van der Waals surface area contributed by atoms with Crippen molar-refractivity contribution < 1.29 is 24.5 Å². The number of thiocarbonyl (C=S) groups is 2. The van der Waals surface area contributed by atoms with E-state index in [2.05, 4.69) is 15.5 Å². The Bertz CT molecular complexity index is 1780. The molecule has 1 unspecified atom stereocenters. The quantitative estimate of drug-likeness (QED) is 0.200. The van der Waals surface area contributed by atoms with Gasteiger partial charge in [0.2, 0.25) is 0 Å². The van der Waals surface area contributed by atoms with E-state index in [4.69, 9.17) is 29.2 Å². The number of aliphatic hydroxyl groups is 2. The number of ether oxygens (including phenoxy) is 1. The summed E-state index contributed by atoms with van der Waals surface area (Å²) < 4.78 is 5.76. The van der Waals surface area contributed by atoms with Gasteiger partial charge in [0.05, 0.1) is 46.0 Å². The van der Waals surface area contributed by atoms with Crippen molar-refractivity contribution in [3.63, 3.8) is 0 Å². The molecule has 0 radical (unpaired) electrons. The van der Waals surface area contributed by atoms with Gasteiger partial charge < -0.3 is 25.6 Å². The van der Waals surface area contributed by atoms with E-state index in [1.54, 1.807) is 13.2 Å². The van der Waals surface area contributed by atoms with Crippen LogP contribution in [0.1, 0.15) is 70.4 Å². The van der Waals surface area contributed by atoms with Crippen LogP contribution in [0.3, 0.4) is 0 Å². The number of methoxy groups -OCH3 is 1. The van der Waals surface area contributed by atoms with E-state index in [9.17, 15) is 19.8 Å². The molecule has 6 rings (SSSR count). The van der Waals surface area contributed by atoms with Gasteiger partial charge >= 0.3 is 0 Å². The van der Waals surface area contributed by atoms with Crippen molar-refractivity contribution in [3.05, 3.63) is 123 Å². The fourth-order valence-electron chi connectivity index (χ4n) is 7.11. The average Bonchev–Trinajstić information content (AvgIpc) is 3.04. The third-order valence-corrected chi connectivity index (χ3v) is 10.1. The van der Waals surface area contributed by atoms with Gasteiger partial charge in [0, 0.05) is 12.1 Å². The Balaban J connectivity index is 1.59. The summed E-state index contributed by atoms with van der Waals surface area (Å²) in [4.78, 5) is 30.7. The lowest BCUT2D eigenvalue weighted by Gasteiger charge is -2.35. The van der Waals surface area contributed by atoms with Gasteiger partial charge in [0.25, 0.3) is 11.8 Å². The van der Waals surface area contributed by atoms with Crippen molar-refractivity contribution in [3.8, 4) is 5.75 Å². The fourth-order valence-corrected chi connectivity index (χ4v) is 7.79. The normalized spacial score (nSPS) is 21.2. The minimum absolute atomic E-state index is 0.0725. The minimum atomic E-state index is -1.18. The highest BCUT2D eigenvalue weighted by Crippen LogP contribution is 2.45. The number of rotatable bonds is 8. The van der Waals surface area contributed by atoms with E-state index in [1.807, 2.05) is 74.5 Å². The molecule has 1 saturated heterocycles. The SMILES string of the molecule is COc1ccc(C(C2=C(O)[C@H](c3cccc(C)c3)C(=S)NC2=O)C2=C(O)[C@@H](c3cccc(C)c3)C(=S)NC2=O)cc1CN1CCCCC1. The molecular formula is C38H39N3O5S2. The average molecular weight is 682 g/mol. The third kappa shape index (κ3) is 6.52. The predicted octanol–water partition coefficient (Wildman–Crippen LogP) is 6.49. The van der Waals surface area contributed by atoms with Gasteiger partial charge in [-0.15, -0.1) is 0 Å². The summed E-state index contributed by atoms with van der Waals surface area (Å²) in [5.41, 5.74) is 4.55. The number of carbonyl (C=O) groups excluding carboxylic acids is 2. The van der Waals surface area contributed by atoms with Crippen molar-refractivity contribution >= 4 is 46.2 Å². The molecule has 10 heteroatoms. The second-order valence-electron chi connectivity index (χ2n) is 12.8. The van der Waals surface area contributed by atoms with Crippen molar-refractivity contribution in [1.29, 1.82) is 0 Å². The third-order valence-electron chi connectivity index (χ3n) is 9.39. The lowest BCUT2D eigenvalue weighted by Crippen LogP contribution is -2.46. The number of amides is 2. The molecule has 0 aromatic heterocycles. The van der Waals surface area contributed by atoms with E-state index >= 15 is 0 Å². The van der Waals surface area contributed by atoms with Crippen LogP contribution in [0.25, 0.3) is 0 Å². The molecule has 8 nitrogen and oxygen atoms in total. The number of hydrogen-bond acceptors (Lipinski definition) is 8. The first kappa shape index (κ1) is 33.5. The molecule has 0 saturated carbocycles. The molecule has 3 aromatic rings. The molecule has 0 aliphatic carbocycles. The number of aliphatic hydroxyl groups excluding tert-OH is 2. The van der Waals surface area contributed by atoms with Crippen molar-refractivity contribution in [2.45, 2.75) is 57.4 Å². The standard InChI is InChI=1S/C38H39N3O5S2/c1-21-9-7-11-23(17-21)29-33(42)31(35(44)39-37(29)47)28(25-13-14-27(46-3)26(19-25)20-41-15-5-4-6-16-41)32-34(43)30(38(48)40-36(32)45)24-12-8-10-22(2)18-24/h7-14,17-19,28-30,42-43H,4-6,15-16,20H2,1-3H3,(H,39,44,47)(H,40,45,48)/t28?,29-,30+. The maximum atomic E-state index is 14.0. The molecule has 3 aliphatic heterocycles. The number of carbonyl (C=O) groups is 2. The maximum absolute atomic E-state index is 14.0. The van der Waals surface area contributed by atoms with Gasteiger partial charge in [-0.2, -0.15) is 0 Å². The smallest absolute Gasteiger partial charge is 0.256 e. The largest absolute Gasteiger partial charge is 0.511 e. The first-order valence-corrected chi connectivity index (χ1v) is 17.0. The van der Waals surface area contributed by atoms with Crippen LogP contribution in [0, 0.1) is 13.8 Å². The van der Waals surface area contributed by atoms with Crippen LogP contribution in [0.5, 0.6) is 5.75 Å². The Kier molecular flexibility index (Phi) is 9.78. The highest BCUT2D eigenvalue weighted by atomic mass is 32.1. The Hall–Kier alpha value is -4.38. The van der Waals surface area contributed by atoms with Crippen LogP contribution >= 0.6 is 24.4 Å². The monoisotopic (exact) mass is 681 g/mol. The first-order chi connectivity index (χ1) is 23.1. The number of benzene rings is 3. The van der Waals surface area contributed by atoms with Gasteiger partial charge in [-0.05, 0) is 68.6 Å². The zero-order valence-electron chi connectivity index (χ0n) is 27.2. The number of nitrogens with one attached hydrogen (secondary N) is 2. The van der Waals surface area contributed by atoms with E-state index in [-0.39, 0.29) is 32.6 Å². The molecule has 2 amide bonds. The molecule has 3 aromatic carbocycles. The lowest BCUT2D eigenvalue weighted by molar-refractivity contribution is -0.117. The summed E-state index contributed by atoms with van der Waals surface area (Å²) in [6, 6.07) is 20.6. The van der Waals surface area contributed by atoms with Crippen LogP contribution in [0.2, 0.25) is 0 Å². The van der Waals surface area contributed by atoms with Gasteiger partial charge in [-0.1, -0.05) is 96.6 Å². The molecule has 3 atom stereocenters. The van der Waals surface area contributed by atoms with Crippen molar-refractivity contribution in [1.82, 2.24) is 15.5 Å². The second kappa shape index (κ2) is 14.0. The molecule has 0 spiro atoms. The topological polar surface area (TPSA) is 111 Å².